The maximum absolute atomic E-state index is 11.3. The minimum absolute atomic E-state index is 0.0471. The first-order valence-electron chi connectivity index (χ1n) is 6.77. The summed E-state index contributed by atoms with van der Waals surface area (Å²) in [5, 5.41) is 10.8. The van der Waals surface area contributed by atoms with Crippen molar-refractivity contribution in [2.75, 3.05) is 19.7 Å². The molecular weight excluding hydrogens is 315 g/mol. The Kier molecular flexibility index (Phi) is 5.70. The molecule has 2 rings (SSSR count). The molecule has 0 bridgehead atoms. The van der Waals surface area contributed by atoms with Crippen LogP contribution in [0.2, 0.25) is 10.0 Å². The number of carbonyl (C=O) groups excluding carboxylic acids is 1. The van der Waals surface area contributed by atoms with Gasteiger partial charge in [0, 0.05) is 6.54 Å². The van der Waals surface area contributed by atoms with Crippen molar-refractivity contribution in [3.63, 3.8) is 0 Å². The van der Waals surface area contributed by atoms with E-state index >= 15 is 0 Å². The maximum Gasteiger partial charge on any atom is 0.234 e. The molecule has 5 nitrogen and oxygen atoms in total. The zero-order valence-electron chi connectivity index (χ0n) is 11.5. The Morgan fingerprint density at radius 2 is 2.14 bits per heavy atom. The zero-order valence-corrected chi connectivity index (χ0v) is 13.0. The minimum Gasteiger partial charge on any atom is -0.488 e. The van der Waals surface area contributed by atoms with Crippen LogP contribution in [0.25, 0.3) is 0 Å². The summed E-state index contributed by atoms with van der Waals surface area (Å²) in [5.41, 5.74) is 5.34. The van der Waals surface area contributed by atoms with Gasteiger partial charge in [0.05, 0.1) is 16.1 Å². The second-order valence-electron chi connectivity index (χ2n) is 5.07. The van der Waals surface area contributed by atoms with E-state index in [0.717, 1.165) is 19.4 Å². The van der Waals surface area contributed by atoms with Crippen molar-refractivity contribution in [3.05, 3.63) is 28.2 Å². The van der Waals surface area contributed by atoms with Crippen molar-refractivity contribution in [2.45, 2.75) is 25.0 Å². The first-order chi connectivity index (χ1) is 9.99. The number of hydrogen-bond acceptors (Lipinski definition) is 4. The maximum atomic E-state index is 11.3. The Balaban J connectivity index is 1.88. The van der Waals surface area contributed by atoms with Gasteiger partial charge in [0.25, 0.3) is 0 Å². The van der Waals surface area contributed by atoms with Crippen LogP contribution in [0.1, 0.15) is 12.8 Å². The van der Waals surface area contributed by atoms with Gasteiger partial charge in [-0.2, -0.15) is 0 Å². The number of para-hydroxylation sites is 1. The highest BCUT2D eigenvalue weighted by Gasteiger charge is 2.30. The highest BCUT2D eigenvalue weighted by atomic mass is 35.5. The number of β-amino-alcohol motifs (C(OH)–C–C–N with tert-alkyl or cyclic N) is 1. The average Bonchev–Trinajstić information content (AvgIpc) is 2.86. The SMILES string of the molecule is NC(=O)C1CCCN1CC(O)COc1c(Cl)cccc1Cl. The fraction of sp³-hybridized carbons (Fsp3) is 0.500. The van der Waals surface area contributed by atoms with Crippen molar-refractivity contribution in [2.24, 2.45) is 5.73 Å². The van der Waals surface area contributed by atoms with Gasteiger partial charge >= 0.3 is 0 Å². The molecule has 1 aromatic carbocycles. The predicted octanol–water partition coefficient (Wildman–Crippen LogP) is 1.68. The van der Waals surface area contributed by atoms with Crippen LogP contribution < -0.4 is 10.5 Å². The highest BCUT2D eigenvalue weighted by molar-refractivity contribution is 6.37. The molecule has 1 fully saturated rings. The summed E-state index contributed by atoms with van der Waals surface area (Å²) in [7, 11) is 0. The number of benzene rings is 1. The number of likely N-dealkylation sites (tertiary alicyclic amines) is 1. The number of carbonyl (C=O) groups is 1. The van der Waals surface area contributed by atoms with Crippen molar-refractivity contribution in [1.82, 2.24) is 4.90 Å². The summed E-state index contributed by atoms with van der Waals surface area (Å²) in [4.78, 5) is 13.2. The van der Waals surface area contributed by atoms with Crippen LogP contribution in [0.5, 0.6) is 5.75 Å². The molecule has 1 amide bonds. The summed E-state index contributed by atoms with van der Waals surface area (Å²) in [5.74, 6) is 0.00234. The van der Waals surface area contributed by atoms with Crippen LogP contribution in [0.15, 0.2) is 18.2 Å². The molecule has 1 saturated heterocycles. The van der Waals surface area contributed by atoms with E-state index in [0.29, 0.717) is 22.3 Å². The summed E-state index contributed by atoms with van der Waals surface area (Å²) < 4.78 is 5.48. The molecule has 0 spiro atoms. The molecule has 3 N–H and O–H groups in total. The van der Waals surface area contributed by atoms with Crippen LogP contribution >= 0.6 is 23.2 Å². The lowest BCUT2D eigenvalue weighted by Gasteiger charge is -2.24. The first kappa shape index (κ1) is 16.4. The number of hydrogen-bond donors (Lipinski definition) is 2. The Labute approximate surface area is 133 Å². The molecule has 1 aromatic rings. The van der Waals surface area contributed by atoms with E-state index in [1.807, 2.05) is 4.90 Å². The van der Waals surface area contributed by atoms with E-state index in [-0.39, 0.29) is 18.6 Å². The lowest BCUT2D eigenvalue weighted by atomic mass is 10.2. The van der Waals surface area contributed by atoms with E-state index < -0.39 is 6.10 Å². The standard InChI is InChI=1S/C14H18Cl2N2O3/c15-10-3-1-4-11(16)13(10)21-8-9(19)7-18-6-2-5-12(18)14(17)20/h1,3-4,9,12,19H,2,5-8H2,(H2,17,20). The van der Waals surface area contributed by atoms with E-state index in [9.17, 15) is 9.90 Å². The Bertz CT molecular complexity index is 493. The number of primary amides is 1. The van der Waals surface area contributed by atoms with Crippen molar-refractivity contribution < 1.29 is 14.6 Å². The Hall–Kier alpha value is -1.01. The molecule has 0 aromatic heterocycles. The van der Waals surface area contributed by atoms with E-state index in [4.69, 9.17) is 33.7 Å². The van der Waals surface area contributed by atoms with Crippen molar-refractivity contribution >= 4 is 29.1 Å². The van der Waals surface area contributed by atoms with Crippen LogP contribution in [-0.2, 0) is 4.79 Å². The van der Waals surface area contributed by atoms with E-state index in [2.05, 4.69) is 0 Å². The van der Waals surface area contributed by atoms with E-state index in [1.165, 1.54) is 0 Å². The molecule has 0 radical (unpaired) electrons. The number of rotatable bonds is 6. The quantitative estimate of drug-likeness (QED) is 0.831. The number of aliphatic hydroxyl groups is 1. The number of nitrogens with two attached hydrogens (primary N) is 1. The van der Waals surface area contributed by atoms with Gasteiger partial charge in [-0.15, -0.1) is 0 Å². The highest BCUT2D eigenvalue weighted by Crippen LogP contribution is 2.32. The number of nitrogens with zero attached hydrogens (tertiary/aromatic N) is 1. The molecular formula is C14H18Cl2N2O3. The van der Waals surface area contributed by atoms with Crippen LogP contribution in [0.4, 0.5) is 0 Å². The third kappa shape index (κ3) is 4.23. The summed E-state index contributed by atoms with van der Waals surface area (Å²) in [6.07, 6.45) is 0.883. The Morgan fingerprint density at radius 1 is 1.48 bits per heavy atom. The topological polar surface area (TPSA) is 75.8 Å². The Morgan fingerprint density at radius 3 is 2.76 bits per heavy atom. The van der Waals surface area contributed by atoms with Gasteiger partial charge in [0.15, 0.2) is 5.75 Å². The van der Waals surface area contributed by atoms with Crippen LogP contribution in [-0.4, -0.2) is 47.8 Å². The minimum atomic E-state index is -0.753. The second-order valence-corrected chi connectivity index (χ2v) is 5.89. The lowest BCUT2D eigenvalue weighted by Crippen LogP contribution is -2.44. The average molecular weight is 333 g/mol. The molecule has 0 saturated carbocycles. The van der Waals surface area contributed by atoms with Crippen LogP contribution in [0, 0.1) is 0 Å². The van der Waals surface area contributed by atoms with Gasteiger partial charge in [-0.05, 0) is 31.5 Å². The van der Waals surface area contributed by atoms with Gasteiger partial charge in [-0.25, -0.2) is 0 Å². The summed E-state index contributed by atoms with van der Waals surface area (Å²) in [6, 6.07) is 4.75. The molecule has 116 valence electrons. The second kappa shape index (κ2) is 7.31. The number of amides is 1. The van der Waals surface area contributed by atoms with Crippen molar-refractivity contribution in [1.29, 1.82) is 0 Å². The molecule has 0 aliphatic carbocycles. The molecule has 1 aliphatic heterocycles. The monoisotopic (exact) mass is 332 g/mol. The van der Waals surface area contributed by atoms with Gasteiger partial charge in [0.2, 0.25) is 5.91 Å². The molecule has 1 heterocycles. The van der Waals surface area contributed by atoms with Gasteiger partial charge in [-0.1, -0.05) is 29.3 Å². The van der Waals surface area contributed by atoms with Gasteiger partial charge in [0.1, 0.15) is 12.7 Å². The fourth-order valence-electron chi connectivity index (χ4n) is 2.49. The molecule has 2 atom stereocenters. The third-order valence-corrected chi connectivity index (χ3v) is 4.07. The zero-order chi connectivity index (χ0) is 15.4. The van der Waals surface area contributed by atoms with Gasteiger partial charge in [-0.3, -0.25) is 9.69 Å². The third-order valence-electron chi connectivity index (χ3n) is 3.48. The molecule has 21 heavy (non-hydrogen) atoms. The fourth-order valence-corrected chi connectivity index (χ4v) is 3.00. The lowest BCUT2D eigenvalue weighted by molar-refractivity contribution is -0.122. The summed E-state index contributed by atoms with van der Waals surface area (Å²) >= 11 is 12.0. The normalized spacial score (nSPS) is 20.4. The first-order valence-corrected chi connectivity index (χ1v) is 7.53. The largest absolute Gasteiger partial charge is 0.488 e. The number of ether oxygens (including phenoxy) is 1. The smallest absolute Gasteiger partial charge is 0.234 e. The van der Waals surface area contributed by atoms with Crippen LogP contribution in [0.3, 0.4) is 0 Å². The molecule has 2 unspecified atom stereocenters. The number of aliphatic hydroxyl groups excluding tert-OH is 1. The van der Waals surface area contributed by atoms with E-state index in [1.54, 1.807) is 18.2 Å². The predicted molar refractivity (Wildman–Crippen MR) is 81.8 cm³/mol. The number of halogens is 2. The summed E-state index contributed by atoms with van der Waals surface area (Å²) in [6.45, 7) is 1.12. The van der Waals surface area contributed by atoms with Gasteiger partial charge < -0.3 is 15.6 Å². The molecule has 1 aliphatic rings. The molecule has 7 heteroatoms. The van der Waals surface area contributed by atoms with Crippen molar-refractivity contribution in [3.8, 4) is 5.75 Å².